The fourth-order valence-electron chi connectivity index (χ4n) is 3.81. The lowest BCUT2D eigenvalue weighted by Gasteiger charge is -2.36. The lowest BCUT2D eigenvalue weighted by atomic mass is 10.1. The summed E-state index contributed by atoms with van der Waals surface area (Å²) in [6.07, 6.45) is 0. The fraction of sp³-hybridized carbons (Fsp3) is 0.240. The molecule has 0 saturated carbocycles. The third kappa shape index (κ3) is 5.37. The van der Waals surface area contributed by atoms with Gasteiger partial charge in [0.05, 0.1) is 12.7 Å². The zero-order chi connectivity index (χ0) is 21.6. The van der Waals surface area contributed by atoms with Crippen LogP contribution in [-0.2, 0) is 6.54 Å². The average molecular weight is 436 g/mol. The highest BCUT2D eigenvalue weighted by Gasteiger charge is 2.17. The molecule has 1 N–H and O–H groups in total. The molecule has 0 spiro atoms. The molecule has 3 aromatic carbocycles. The monoisotopic (exact) mass is 435 g/mol. The van der Waals surface area contributed by atoms with Crippen LogP contribution in [0, 0.1) is 0 Å². The number of hydrogen-bond acceptors (Lipinski definition) is 4. The maximum Gasteiger partial charge on any atom is 0.259 e. The molecule has 1 saturated heterocycles. The molecule has 1 aliphatic heterocycles. The normalized spacial score (nSPS) is 14.3. The minimum Gasteiger partial charge on any atom is -0.496 e. The van der Waals surface area contributed by atoms with E-state index in [0.29, 0.717) is 16.3 Å². The Labute approximate surface area is 188 Å². The van der Waals surface area contributed by atoms with E-state index in [2.05, 4.69) is 57.6 Å². The molecule has 31 heavy (non-hydrogen) atoms. The summed E-state index contributed by atoms with van der Waals surface area (Å²) in [4.78, 5) is 17.5. The number of piperazine rings is 1. The predicted molar refractivity (Wildman–Crippen MR) is 126 cm³/mol. The van der Waals surface area contributed by atoms with Crippen LogP contribution >= 0.6 is 11.6 Å². The molecule has 0 aliphatic carbocycles. The molecule has 3 aromatic rings. The van der Waals surface area contributed by atoms with Gasteiger partial charge in [-0.2, -0.15) is 0 Å². The second-order valence-corrected chi connectivity index (χ2v) is 8.03. The van der Waals surface area contributed by atoms with E-state index in [1.807, 2.05) is 12.1 Å². The molecule has 1 heterocycles. The number of nitrogens with one attached hydrogen (secondary N) is 1. The zero-order valence-corrected chi connectivity index (χ0v) is 18.3. The Morgan fingerprint density at radius 1 is 0.968 bits per heavy atom. The van der Waals surface area contributed by atoms with E-state index in [1.54, 1.807) is 18.2 Å². The first-order chi connectivity index (χ1) is 15.1. The number of para-hydroxylation sites is 1. The first kappa shape index (κ1) is 21.2. The van der Waals surface area contributed by atoms with Crippen molar-refractivity contribution in [3.63, 3.8) is 0 Å². The number of ether oxygens (including phenoxy) is 1. The molecular formula is C25H26ClN3O2. The van der Waals surface area contributed by atoms with Gasteiger partial charge < -0.3 is 15.0 Å². The third-order valence-electron chi connectivity index (χ3n) is 5.52. The Kier molecular flexibility index (Phi) is 6.75. The quantitative estimate of drug-likeness (QED) is 0.596. The summed E-state index contributed by atoms with van der Waals surface area (Å²) in [5, 5.41) is 3.41. The Balaban J connectivity index is 1.32. The molecule has 160 valence electrons. The minimum absolute atomic E-state index is 0.246. The highest BCUT2D eigenvalue weighted by molar-refractivity contribution is 6.31. The van der Waals surface area contributed by atoms with E-state index in [9.17, 15) is 4.79 Å². The van der Waals surface area contributed by atoms with Crippen molar-refractivity contribution in [2.24, 2.45) is 0 Å². The van der Waals surface area contributed by atoms with Gasteiger partial charge in [0.1, 0.15) is 5.75 Å². The molecule has 0 unspecified atom stereocenters. The number of methoxy groups -OCH3 is 1. The number of hydrogen-bond donors (Lipinski definition) is 1. The molecule has 0 atom stereocenters. The van der Waals surface area contributed by atoms with E-state index in [-0.39, 0.29) is 5.91 Å². The average Bonchev–Trinajstić information content (AvgIpc) is 2.81. The number of halogens is 1. The van der Waals surface area contributed by atoms with Crippen LogP contribution in [0.15, 0.2) is 72.8 Å². The highest BCUT2D eigenvalue weighted by atomic mass is 35.5. The Bertz CT molecular complexity index is 1020. The summed E-state index contributed by atoms with van der Waals surface area (Å²) in [6, 6.07) is 23.6. The van der Waals surface area contributed by atoms with Gasteiger partial charge in [0, 0.05) is 49.1 Å². The molecule has 0 bridgehead atoms. The SMILES string of the molecule is COc1ccc(Cl)cc1C(=O)Nc1ccc(CN2CCN(c3ccccc3)CC2)cc1. The van der Waals surface area contributed by atoms with Gasteiger partial charge in [-0.05, 0) is 48.0 Å². The number of carbonyl (C=O) groups is 1. The number of nitrogens with zero attached hydrogens (tertiary/aromatic N) is 2. The maximum absolute atomic E-state index is 12.6. The van der Waals surface area contributed by atoms with E-state index < -0.39 is 0 Å². The van der Waals surface area contributed by atoms with Crippen molar-refractivity contribution in [1.29, 1.82) is 0 Å². The van der Waals surface area contributed by atoms with Gasteiger partial charge in [0.25, 0.3) is 5.91 Å². The molecule has 1 aliphatic rings. The van der Waals surface area contributed by atoms with Gasteiger partial charge >= 0.3 is 0 Å². The Morgan fingerprint density at radius 3 is 2.35 bits per heavy atom. The van der Waals surface area contributed by atoms with Gasteiger partial charge in [0.15, 0.2) is 0 Å². The molecule has 5 nitrogen and oxygen atoms in total. The van der Waals surface area contributed by atoms with Crippen LogP contribution in [0.4, 0.5) is 11.4 Å². The van der Waals surface area contributed by atoms with Crippen LogP contribution in [0.5, 0.6) is 5.75 Å². The number of benzene rings is 3. The van der Waals surface area contributed by atoms with E-state index in [4.69, 9.17) is 16.3 Å². The van der Waals surface area contributed by atoms with Gasteiger partial charge in [-0.1, -0.05) is 41.9 Å². The van der Waals surface area contributed by atoms with Crippen molar-refractivity contribution < 1.29 is 9.53 Å². The van der Waals surface area contributed by atoms with Crippen molar-refractivity contribution in [1.82, 2.24) is 4.90 Å². The standard InChI is InChI=1S/C25H26ClN3O2/c1-31-24-12-9-20(26)17-23(24)25(30)27-21-10-7-19(8-11-21)18-28-13-15-29(16-14-28)22-5-3-2-4-6-22/h2-12,17H,13-16,18H2,1H3,(H,27,30). The fourth-order valence-corrected chi connectivity index (χ4v) is 3.98. The van der Waals surface area contributed by atoms with Gasteiger partial charge in [0.2, 0.25) is 0 Å². The van der Waals surface area contributed by atoms with Crippen LogP contribution in [0.1, 0.15) is 15.9 Å². The summed E-state index contributed by atoms with van der Waals surface area (Å²) in [5.74, 6) is 0.247. The molecule has 6 heteroatoms. The van der Waals surface area contributed by atoms with Crippen molar-refractivity contribution in [3.8, 4) is 5.75 Å². The molecule has 4 rings (SSSR count). The second-order valence-electron chi connectivity index (χ2n) is 7.59. The van der Waals surface area contributed by atoms with Crippen molar-refractivity contribution in [2.75, 3.05) is 43.5 Å². The number of amides is 1. The van der Waals surface area contributed by atoms with E-state index in [1.165, 1.54) is 18.4 Å². The van der Waals surface area contributed by atoms with Crippen molar-refractivity contribution >= 4 is 28.9 Å². The van der Waals surface area contributed by atoms with Crippen LogP contribution in [0.25, 0.3) is 0 Å². The van der Waals surface area contributed by atoms with E-state index in [0.717, 1.165) is 38.4 Å². The summed E-state index contributed by atoms with van der Waals surface area (Å²) in [7, 11) is 1.54. The predicted octanol–water partition coefficient (Wildman–Crippen LogP) is 4.92. The number of anilines is 2. The summed E-state index contributed by atoms with van der Waals surface area (Å²) < 4.78 is 5.27. The van der Waals surface area contributed by atoms with Gasteiger partial charge in [-0.3, -0.25) is 9.69 Å². The Hall–Kier alpha value is -3.02. The van der Waals surface area contributed by atoms with Gasteiger partial charge in [-0.25, -0.2) is 0 Å². The highest BCUT2D eigenvalue weighted by Crippen LogP contribution is 2.24. The molecular weight excluding hydrogens is 410 g/mol. The second kappa shape index (κ2) is 9.86. The number of rotatable bonds is 6. The summed E-state index contributed by atoms with van der Waals surface area (Å²) in [6.45, 7) is 5.02. The largest absolute Gasteiger partial charge is 0.496 e. The van der Waals surface area contributed by atoms with Crippen LogP contribution in [-0.4, -0.2) is 44.1 Å². The van der Waals surface area contributed by atoms with Crippen molar-refractivity contribution in [3.05, 3.63) is 88.9 Å². The van der Waals surface area contributed by atoms with Crippen LogP contribution in [0.3, 0.4) is 0 Å². The smallest absolute Gasteiger partial charge is 0.259 e. The molecule has 1 amide bonds. The third-order valence-corrected chi connectivity index (χ3v) is 5.75. The van der Waals surface area contributed by atoms with Crippen molar-refractivity contribution in [2.45, 2.75) is 6.54 Å². The first-order valence-electron chi connectivity index (χ1n) is 10.4. The number of carbonyl (C=O) groups excluding carboxylic acids is 1. The Morgan fingerprint density at radius 2 is 1.68 bits per heavy atom. The maximum atomic E-state index is 12.6. The molecule has 1 fully saturated rings. The van der Waals surface area contributed by atoms with E-state index >= 15 is 0 Å². The minimum atomic E-state index is -0.246. The topological polar surface area (TPSA) is 44.8 Å². The first-order valence-corrected chi connectivity index (χ1v) is 10.8. The lowest BCUT2D eigenvalue weighted by Crippen LogP contribution is -2.45. The van der Waals surface area contributed by atoms with Crippen LogP contribution in [0.2, 0.25) is 5.02 Å². The van der Waals surface area contributed by atoms with Crippen LogP contribution < -0.4 is 15.0 Å². The van der Waals surface area contributed by atoms with Gasteiger partial charge in [-0.15, -0.1) is 0 Å². The molecule has 0 radical (unpaired) electrons. The summed E-state index contributed by atoms with van der Waals surface area (Å²) >= 11 is 6.03. The zero-order valence-electron chi connectivity index (χ0n) is 17.6. The summed E-state index contributed by atoms with van der Waals surface area (Å²) in [5.41, 5.74) is 3.67. The lowest BCUT2D eigenvalue weighted by molar-refractivity contribution is 0.102. The molecule has 0 aromatic heterocycles.